The van der Waals surface area contributed by atoms with E-state index < -0.39 is 30.0 Å². The standard InChI is InChI=1S/C20H19F3N2O5/c21-20(22,23)30-17-7-3-15(4-8-17)24-18(27)14-9-13(10-25(11-14)19(28)29)12-1-5-16(26)6-2-12/h1-8,13-14,26H,9-11H2,(H,24,27)(H,28,29). The van der Waals surface area contributed by atoms with Gasteiger partial charge in [0.05, 0.1) is 5.92 Å². The molecule has 2 aromatic carbocycles. The third-order valence-electron chi connectivity index (χ3n) is 4.81. The Hall–Kier alpha value is -3.43. The molecule has 0 spiro atoms. The van der Waals surface area contributed by atoms with Crippen molar-refractivity contribution in [2.24, 2.45) is 5.92 Å². The quantitative estimate of drug-likeness (QED) is 0.689. The molecule has 0 aliphatic carbocycles. The number of nitrogens with one attached hydrogen (secondary N) is 1. The topological polar surface area (TPSA) is 99.1 Å². The Morgan fingerprint density at radius 3 is 2.23 bits per heavy atom. The second-order valence-electron chi connectivity index (χ2n) is 6.97. The summed E-state index contributed by atoms with van der Waals surface area (Å²) >= 11 is 0. The SMILES string of the molecule is O=C(Nc1ccc(OC(F)(F)F)cc1)C1CC(c2ccc(O)cc2)CN(C(=O)O)C1. The van der Waals surface area contributed by atoms with Crippen molar-refractivity contribution >= 4 is 17.7 Å². The number of nitrogens with zero attached hydrogens (tertiary/aromatic N) is 1. The van der Waals surface area contributed by atoms with Crippen LogP contribution in [0.5, 0.6) is 11.5 Å². The van der Waals surface area contributed by atoms with Gasteiger partial charge in [0, 0.05) is 24.7 Å². The molecule has 1 aliphatic rings. The first-order valence-corrected chi connectivity index (χ1v) is 9.04. The van der Waals surface area contributed by atoms with E-state index >= 15 is 0 Å². The molecule has 10 heteroatoms. The first kappa shape index (κ1) is 21.3. The summed E-state index contributed by atoms with van der Waals surface area (Å²) in [6.45, 7) is 0.221. The lowest BCUT2D eigenvalue weighted by atomic mass is 9.84. The molecule has 1 saturated heterocycles. The van der Waals surface area contributed by atoms with E-state index in [2.05, 4.69) is 10.1 Å². The van der Waals surface area contributed by atoms with Gasteiger partial charge in [-0.1, -0.05) is 12.1 Å². The van der Waals surface area contributed by atoms with E-state index in [9.17, 15) is 33.0 Å². The summed E-state index contributed by atoms with van der Waals surface area (Å²) in [6.07, 6.45) is -5.57. The summed E-state index contributed by atoms with van der Waals surface area (Å²) in [4.78, 5) is 25.4. The predicted molar refractivity (Wildman–Crippen MR) is 100 cm³/mol. The highest BCUT2D eigenvalue weighted by atomic mass is 19.4. The third kappa shape index (κ3) is 5.56. The molecular formula is C20H19F3N2O5. The first-order valence-electron chi connectivity index (χ1n) is 9.04. The number of benzene rings is 2. The molecule has 30 heavy (non-hydrogen) atoms. The molecule has 2 atom stereocenters. The van der Waals surface area contributed by atoms with Crippen molar-refractivity contribution in [1.29, 1.82) is 0 Å². The number of piperidine rings is 1. The number of aromatic hydroxyl groups is 1. The van der Waals surface area contributed by atoms with Crippen LogP contribution in [0.1, 0.15) is 17.9 Å². The van der Waals surface area contributed by atoms with Crippen LogP contribution in [0.4, 0.5) is 23.7 Å². The maximum atomic E-state index is 12.7. The number of alkyl halides is 3. The fraction of sp³-hybridized carbons (Fsp3) is 0.300. The Morgan fingerprint density at radius 1 is 1.03 bits per heavy atom. The second kappa shape index (κ2) is 8.52. The van der Waals surface area contributed by atoms with Gasteiger partial charge < -0.3 is 25.2 Å². The van der Waals surface area contributed by atoms with Crippen LogP contribution in [-0.4, -0.2) is 46.6 Å². The maximum absolute atomic E-state index is 12.7. The van der Waals surface area contributed by atoms with Crippen LogP contribution in [0.3, 0.4) is 0 Å². The molecule has 3 rings (SSSR count). The smallest absolute Gasteiger partial charge is 0.508 e. The highest BCUT2D eigenvalue weighted by Gasteiger charge is 2.35. The molecule has 0 aromatic heterocycles. The molecule has 0 saturated carbocycles. The van der Waals surface area contributed by atoms with Crippen LogP contribution in [-0.2, 0) is 4.79 Å². The van der Waals surface area contributed by atoms with Crippen molar-refractivity contribution in [3.8, 4) is 11.5 Å². The van der Waals surface area contributed by atoms with Crippen molar-refractivity contribution < 1.29 is 37.7 Å². The fourth-order valence-electron chi connectivity index (χ4n) is 3.42. The van der Waals surface area contributed by atoms with Crippen LogP contribution >= 0.6 is 0 Å². The zero-order chi connectivity index (χ0) is 21.9. The normalized spacial score (nSPS) is 19.2. The third-order valence-corrected chi connectivity index (χ3v) is 4.81. The number of amides is 2. The van der Waals surface area contributed by atoms with Crippen molar-refractivity contribution in [3.63, 3.8) is 0 Å². The summed E-state index contributed by atoms with van der Waals surface area (Å²) in [7, 11) is 0. The monoisotopic (exact) mass is 424 g/mol. The molecule has 160 valence electrons. The van der Waals surface area contributed by atoms with E-state index in [1.807, 2.05) is 0 Å². The Balaban J connectivity index is 1.70. The Kier molecular flexibility index (Phi) is 6.04. The van der Waals surface area contributed by atoms with Gasteiger partial charge in [0.1, 0.15) is 11.5 Å². The Bertz CT molecular complexity index is 900. The number of phenolic OH excluding ortho intramolecular Hbond substituents is 1. The molecule has 2 unspecified atom stereocenters. The van der Waals surface area contributed by atoms with Gasteiger partial charge in [-0.15, -0.1) is 13.2 Å². The fourth-order valence-corrected chi connectivity index (χ4v) is 3.42. The summed E-state index contributed by atoms with van der Waals surface area (Å²) < 4.78 is 40.5. The molecular weight excluding hydrogens is 405 g/mol. The summed E-state index contributed by atoms with van der Waals surface area (Å²) in [5, 5.41) is 21.5. The molecule has 0 bridgehead atoms. The van der Waals surface area contributed by atoms with Crippen molar-refractivity contribution in [1.82, 2.24) is 4.90 Å². The molecule has 0 radical (unpaired) electrons. The molecule has 1 aliphatic heterocycles. The van der Waals surface area contributed by atoms with E-state index in [-0.39, 0.29) is 30.4 Å². The van der Waals surface area contributed by atoms with Crippen LogP contribution < -0.4 is 10.1 Å². The molecule has 2 aromatic rings. The zero-order valence-corrected chi connectivity index (χ0v) is 15.6. The largest absolute Gasteiger partial charge is 0.573 e. The molecule has 7 nitrogen and oxygen atoms in total. The van der Waals surface area contributed by atoms with E-state index in [0.29, 0.717) is 6.42 Å². The van der Waals surface area contributed by atoms with E-state index in [4.69, 9.17) is 0 Å². The van der Waals surface area contributed by atoms with Gasteiger partial charge >= 0.3 is 12.5 Å². The number of halogens is 3. The highest BCUT2D eigenvalue weighted by Crippen LogP contribution is 2.32. The molecule has 2 amide bonds. The number of likely N-dealkylation sites (tertiary alicyclic amines) is 1. The number of carbonyl (C=O) groups is 2. The van der Waals surface area contributed by atoms with E-state index in [1.165, 1.54) is 24.3 Å². The summed E-state index contributed by atoms with van der Waals surface area (Å²) in [5.74, 6) is -1.66. The van der Waals surface area contributed by atoms with Gasteiger partial charge in [0.15, 0.2) is 0 Å². The average Bonchev–Trinajstić information content (AvgIpc) is 2.68. The summed E-state index contributed by atoms with van der Waals surface area (Å²) in [6, 6.07) is 11.0. The van der Waals surface area contributed by atoms with Crippen LogP contribution in [0.2, 0.25) is 0 Å². The lowest BCUT2D eigenvalue weighted by Crippen LogP contribution is -2.46. The van der Waals surface area contributed by atoms with Crippen molar-refractivity contribution in [2.45, 2.75) is 18.7 Å². The minimum absolute atomic E-state index is 0.00498. The van der Waals surface area contributed by atoms with Crippen LogP contribution in [0, 0.1) is 5.92 Å². The molecule has 1 fully saturated rings. The van der Waals surface area contributed by atoms with Gasteiger partial charge in [-0.2, -0.15) is 0 Å². The number of carboxylic acid groups (broad SMARTS) is 1. The number of carbonyl (C=O) groups excluding carboxylic acids is 1. The van der Waals surface area contributed by atoms with E-state index in [0.717, 1.165) is 22.6 Å². The number of hydrogen-bond donors (Lipinski definition) is 3. The van der Waals surface area contributed by atoms with Gasteiger partial charge in [-0.25, -0.2) is 4.79 Å². The van der Waals surface area contributed by atoms with Gasteiger partial charge in [0.2, 0.25) is 5.91 Å². The predicted octanol–water partition coefficient (Wildman–Crippen LogP) is 4.01. The second-order valence-corrected chi connectivity index (χ2v) is 6.97. The Morgan fingerprint density at radius 2 is 1.67 bits per heavy atom. The summed E-state index contributed by atoms with van der Waals surface area (Å²) in [5.41, 5.74) is 1.06. The Labute approximate surface area is 169 Å². The molecule has 1 heterocycles. The maximum Gasteiger partial charge on any atom is 0.573 e. The number of ether oxygens (including phenoxy) is 1. The minimum Gasteiger partial charge on any atom is -0.508 e. The van der Waals surface area contributed by atoms with Crippen molar-refractivity contribution in [2.75, 3.05) is 18.4 Å². The van der Waals surface area contributed by atoms with Crippen LogP contribution in [0.15, 0.2) is 48.5 Å². The first-order chi connectivity index (χ1) is 14.1. The van der Waals surface area contributed by atoms with Gasteiger partial charge in [0.25, 0.3) is 0 Å². The molecule has 3 N–H and O–H groups in total. The van der Waals surface area contributed by atoms with Crippen molar-refractivity contribution in [3.05, 3.63) is 54.1 Å². The number of anilines is 1. The number of phenols is 1. The number of rotatable bonds is 4. The average molecular weight is 424 g/mol. The lowest BCUT2D eigenvalue weighted by molar-refractivity contribution is -0.274. The highest BCUT2D eigenvalue weighted by molar-refractivity contribution is 5.93. The zero-order valence-electron chi connectivity index (χ0n) is 15.6. The minimum atomic E-state index is -4.81. The van der Waals surface area contributed by atoms with Crippen LogP contribution in [0.25, 0.3) is 0 Å². The van der Waals surface area contributed by atoms with Gasteiger partial charge in [-0.05, 0) is 48.4 Å². The number of hydrogen-bond acceptors (Lipinski definition) is 4. The lowest BCUT2D eigenvalue weighted by Gasteiger charge is -2.35. The van der Waals surface area contributed by atoms with Gasteiger partial charge in [-0.3, -0.25) is 4.79 Å². The van der Waals surface area contributed by atoms with E-state index in [1.54, 1.807) is 12.1 Å².